The molecule has 27 heavy (non-hydrogen) atoms. The van der Waals surface area contributed by atoms with Gasteiger partial charge in [0.15, 0.2) is 0 Å². The molecule has 6 nitrogen and oxygen atoms in total. The third kappa shape index (κ3) is 5.94. The molecule has 2 aromatic heterocycles. The first-order valence-corrected chi connectivity index (χ1v) is 9.70. The predicted molar refractivity (Wildman–Crippen MR) is 108 cm³/mol. The van der Waals surface area contributed by atoms with Crippen molar-refractivity contribution < 1.29 is 9.53 Å². The number of hydrogen-bond donors (Lipinski definition) is 1. The Morgan fingerprint density at radius 3 is 2.81 bits per heavy atom. The van der Waals surface area contributed by atoms with Gasteiger partial charge in [0.05, 0.1) is 19.3 Å². The van der Waals surface area contributed by atoms with Crippen LogP contribution in [0, 0.1) is 6.92 Å². The highest BCUT2D eigenvalue weighted by Crippen LogP contribution is 2.14. The SMILES string of the molecule is Cc1ccc(OCCN(C)CC(=O)Nc2ccnn2Cc2cccs2)cc1. The molecule has 0 unspecified atom stereocenters. The molecule has 0 bridgehead atoms. The van der Waals surface area contributed by atoms with Gasteiger partial charge in [0.25, 0.3) is 0 Å². The number of aryl methyl sites for hydroxylation is 1. The van der Waals surface area contributed by atoms with Crippen molar-refractivity contribution in [3.8, 4) is 5.75 Å². The summed E-state index contributed by atoms with van der Waals surface area (Å²) in [5, 5.41) is 9.25. The summed E-state index contributed by atoms with van der Waals surface area (Å²) in [5.41, 5.74) is 1.20. The van der Waals surface area contributed by atoms with E-state index in [0.29, 0.717) is 32.1 Å². The molecule has 142 valence electrons. The Kier molecular flexibility index (Phi) is 6.62. The molecule has 1 amide bonds. The molecule has 0 atom stereocenters. The maximum absolute atomic E-state index is 12.3. The zero-order valence-corrected chi connectivity index (χ0v) is 16.4. The molecule has 0 saturated heterocycles. The lowest BCUT2D eigenvalue weighted by Gasteiger charge is -2.17. The van der Waals surface area contributed by atoms with E-state index in [0.717, 1.165) is 5.75 Å². The molecular weight excluding hydrogens is 360 g/mol. The molecule has 0 saturated carbocycles. The number of nitrogens with zero attached hydrogens (tertiary/aromatic N) is 3. The minimum atomic E-state index is -0.0687. The lowest BCUT2D eigenvalue weighted by Crippen LogP contribution is -2.33. The van der Waals surface area contributed by atoms with Crippen molar-refractivity contribution in [1.82, 2.24) is 14.7 Å². The first-order valence-electron chi connectivity index (χ1n) is 8.82. The van der Waals surface area contributed by atoms with Crippen LogP contribution < -0.4 is 10.1 Å². The van der Waals surface area contributed by atoms with Crippen LogP contribution in [0.15, 0.2) is 54.0 Å². The van der Waals surface area contributed by atoms with Gasteiger partial charge in [0.2, 0.25) is 5.91 Å². The van der Waals surface area contributed by atoms with Crippen molar-refractivity contribution in [3.05, 3.63) is 64.5 Å². The topological polar surface area (TPSA) is 59.4 Å². The number of nitrogens with one attached hydrogen (secondary N) is 1. The molecule has 7 heteroatoms. The number of likely N-dealkylation sites (N-methyl/N-ethyl adjacent to an activating group) is 1. The Labute approximate surface area is 163 Å². The standard InChI is InChI=1S/C20H24N4O2S/c1-16-5-7-17(8-6-16)26-12-11-23(2)15-20(25)22-19-9-10-21-24(19)14-18-4-3-13-27-18/h3-10,13H,11-12,14-15H2,1-2H3,(H,22,25). The molecule has 1 N–H and O–H groups in total. The van der Waals surface area contributed by atoms with E-state index in [4.69, 9.17) is 4.74 Å². The van der Waals surface area contributed by atoms with Gasteiger partial charge < -0.3 is 10.1 Å². The second-order valence-corrected chi connectivity index (χ2v) is 7.43. The zero-order chi connectivity index (χ0) is 19.1. The second-order valence-electron chi connectivity index (χ2n) is 6.40. The van der Waals surface area contributed by atoms with E-state index in [9.17, 15) is 4.79 Å². The van der Waals surface area contributed by atoms with Crippen LogP contribution in [-0.2, 0) is 11.3 Å². The van der Waals surface area contributed by atoms with Crippen molar-refractivity contribution in [2.24, 2.45) is 0 Å². The monoisotopic (exact) mass is 384 g/mol. The van der Waals surface area contributed by atoms with E-state index in [1.807, 2.05) is 60.6 Å². The highest BCUT2D eigenvalue weighted by molar-refractivity contribution is 7.09. The minimum absolute atomic E-state index is 0.0687. The molecule has 1 aromatic carbocycles. The molecule has 2 heterocycles. The Hall–Kier alpha value is -2.64. The van der Waals surface area contributed by atoms with Crippen LogP contribution in [0.4, 0.5) is 5.82 Å². The van der Waals surface area contributed by atoms with Crippen LogP contribution in [0.1, 0.15) is 10.4 Å². The molecule has 0 spiro atoms. The van der Waals surface area contributed by atoms with Gasteiger partial charge in [-0.3, -0.25) is 9.69 Å². The number of aromatic nitrogens is 2. The maximum atomic E-state index is 12.3. The molecule has 0 fully saturated rings. The van der Waals surface area contributed by atoms with Gasteiger partial charge in [-0.15, -0.1) is 11.3 Å². The highest BCUT2D eigenvalue weighted by atomic mass is 32.1. The summed E-state index contributed by atoms with van der Waals surface area (Å²) in [6.45, 7) is 4.18. The van der Waals surface area contributed by atoms with E-state index < -0.39 is 0 Å². The summed E-state index contributed by atoms with van der Waals surface area (Å²) in [5.74, 6) is 1.48. The molecule has 0 aliphatic heterocycles. The van der Waals surface area contributed by atoms with Crippen molar-refractivity contribution in [2.75, 3.05) is 32.1 Å². The molecule has 0 radical (unpaired) electrons. The first-order chi connectivity index (χ1) is 13.1. The third-order valence-electron chi connectivity index (χ3n) is 4.05. The van der Waals surface area contributed by atoms with Crippen molar-refractivity contribution in [3.63, 3.8) is 0 Å². The van der Waals surface area contributed by atoms with Crippen molar-refractivity contribution >= 4 is 23.1 Å². The summed E-state index contributed by atoms with van der Waals surface area (Å²) in [6.07, 6.45) is 1.70. The van der Waals surface area contributed by atoms with Gasteiger partial charge in [-0.1, -0.05) is 23.8 Å². The van der Waals surface area contributed by atoms with Crippen LogP contribution in [-0.4, -0.2) is 47.3 Å². The predicted octanol–water partition coefficient (Wildman–Crippen LogP) is 3.25. The Balaban J connectivity index is 1.42. The summed E-state index contributed by atoms with van der Waals surface area (Å²) >= 11 is 1.67. The number of benzene rings is 1. The van der Waals surface area contributed by atoms with Crippen LogP contribution in [0.2, 0.25) is 0 Å². The second kappa shape index (κ2) is 9.34. The Morgan fingerprint density at radius 2 is 2.07 bits per heavy atom. The van der Waals surface area contributed by atoms with Crippen LogP contribution in [0.25, 0.3) is 0 Å². The fourth-order valence-corrected chi connectivity index (χ4v) is 3.26. The van der Waals surface area contributed by atoms with Gasteiger partial charge >= 0.3 is 0 Å². The minimum Gasteiger partial charge on any atom is -0.492 e. The van der Waals surface area contributed by atoms with Gasteiger partial charge in [-0.2, -0.15) is 5.10 Å². The Bertz CT molecular complexity index is 843. The molecule has 3 aromatic rings. The summed E-state index contributed by atoms with van der Waals surface area (Å²) in [4.78, 5) is 15.4. The fraction of sp³-hybridized carbons (Fsp3) is 0.300. The lowest BCUT2D eigenvalue weighted by molar-refractivity contribution is -0.117. The van der Waals surface area contributed by atoms with Crippen molar-refractivity contribution in [2.45, 2.75) is 13.5 Å². The number of carbonyl (C=O) groups excluding carboxylic acids is 1. The molecular formula is C20H24N4O2S. The smallest absolute Gasteiger partial charge is 0.239 e. The number of amides is 1. The summed E-state index contributed by atoms with van der Waals surface area (Å²) in [7, 11) is 1.90. The van der Waals surface area contributed by atoms with Gasteiger partial charge in [-0.25, -0.2) is 4.68 Å². The van der Waals surface area contributed by atoms with Crippen LogP contribution >= 0.6 is 11.3 Å². The highest BCUT2D eigenvalue weighted by Gasteiger charge is 2.11. The van der Waals surface area contributed by atoms with Gasteiger partial charge in [0, 0.05) is 17.5 Å². The maximum Gasteiger partial charge on any atom is 0.239 e. The van der Waals surface area contributed by atoms with E-state index in [1.165, 1.54) is 10.4 Å². The third-order valence-corrected chi connectivity index (χ3v) is 4.91. The Morgan fingerprint density at radius 1 is 1.26 bits per heavy atom. The average Bonchev–Trinajstić information content (AvgIpc) is 3.29. The zero-order valence-electron chi connectivity index (χ0n) is 15.6. The number of anilines is 1. The first kappa shape index (κ1) is 19.1. The molecule has 3 rings (SSSR count). The van der Waals surface area contributed by atoms with Gasteiger partial charge in [-0.05, 0) is 37.6 Å². The van der Waals surface area contributed by atoms with Gasteiger partial charge in [0.1, 0.15) is 18.2 Å². The number of hydrogen-bond acceptors (Lipinski definition) is 5. The van der Waals surface area contributed by atoms with E-state index in [2.05, 4.69) is 16.5 Å². The fourth-order valence-electron chi connectivity index (χ4n) is 2.58. The van der Waals surface area contributed by atoms with Crippen LogP contribution in [0.5, 0.6) is 5.75 Å². The van der Waals surface area contributed by atoms with E-state index in [-0.39, 0.29) is 5.91 Å². The van der Waals surface area contributed by atoms with E-state index in [1.54, 1.807) is 22.2 Å². The number of ether oxygens (including phenoxy) is 1. The molecule has 0 aliphatic rings. The normalized spacial score (nSPS) is 10.9. The van der Waals surface area contributed by atoms with Crippen LogP contribution in [0.3, 0.4) is 0 Å². The number of thiophene rings is 1. The van der Waals surface area contributed by atoms with Crippen molar-refractivity contribution in [1.29, 1.82) is 0 Å². The number of rotatable bonds is 9. The quantitative estimate of drug-likeness (QED) is 0.615. The molecule has 0 aliphatic carbocycles. The largest absolute Gasteiger partial charge is 0.492 e. The summed E-state index contributed by atoms with van der Waals surface area (Å²) < 4.78 is 7.51. The lowest BCUT2D eigenvalue weighted by atomic mass is 10.2. The number of carbonyl (C=O) groups is 1. The average molecular weight is 385 g/mol. The summed E-state index contributed by atoms with van der Waals surface area (Å²) in [6, 6.07) is 13.8. The van der Waals surface area contributed by atoms with E-state index >= 15 is 0 Å².